The molecule has 2 N–H and O–H groups in total. The molecule has 1 rings (SSSR count). The summed E-state index contributed by atoms with van der Waals surface area (Å²) >= 11 is 1.84. The highest BCUT2D eigenvalue weighted by molar-refractivity contribution is 7.99. The van der Waals surface area contributed by atoms with Gasteiger partial charge in [-0.05, 0) is 36.1 Å². The van der Waals surface area contributed by atoms with Gasteiger partial charge in [0.1, 0.15) is 5.82 Å². The standard InChI is InChI=1S/C12H18FNOS/c1-2-16-7-6-12(9-15)14-11-5-3-4-10(13)8-11/h3-5,8,12,14-15H,2,6-7,9H2,1H3. The number of anilines is 1. The number of thioether (sulfide) groups is 1. The van der Waals surface area contributed by atoms with Gasteiger partial charge < -0.3 is 10.4 Å². The van der Waals surface area contributed by atoms with E-state index in [1.54, 1.807) is 12.1 Å². The fourth-order valence-corrected chi connectivity index (χ4v) is 2.13. The molecule has 90 valence electrons. The van der Waals surface area contributed by atoms with Crippen molar-refractivity contribution < 1.29 is 9.50 Å². The van der Waals surface area contributed by atoms with Crippen LogP contribution in [0.2, 0.25) is 0 Å². The summed E-state index contributed by atoms with van der Waals surface area (Å²) in [6.07, 6.45) is 0.880. The predicted molar refractivity (Wildman–Crippen MR) is 68.5 cm³/mol. The quantitative estimate of drug-likeness (QED) is 0.722. The highest BCUT2D eigenvalue weighted by atomic mass is 32.2. The first-order chi connectivity index (χ1) is 7.76. The van der Waals surface area contributed by atoms with E-state index in [-0.39, 0.29) is 18.5 Å². The van der Waals surface area contributed by atoms with E-state index in [4.69, 9.17) is 0 Å². The Morgan fingerprint density at radius 3 is 2.94 bits per heavy atom. The van der Waals surface area contributed by atoms with Crippen molar-refractivity contribution in [2.24, 2.45) is 0 Å². The van der Waals surface area contributed by atoms with E-state index < -0.39 is 0 Å². The summed E-state index contributed by atoms with van der Waals surface area (Å²) in [5.74, 6) is 1.83. The summed E-state index contributed by atoms with van der Waals surface area (Å²) in [6.45, 7) is 2.18. The molecule has 0 spiro atoms. The van der Waals surface area contributed by atoms with Gasteiger partial charge >= 0.3 is 0 Å². The van der Waals surface area contributed by atoms with E-state index in [1.165, 1.54) is 12.1 Å². The van der Waals surface area contributed by atoms with Crippen LogP contribution in [0.3, 0.4) is 0 Å². The van der Waals surface area contributed by atoms with Crippen molar-refractivity contribution in [2.75, 3.05) is 23.4 Å². The summed E-state index contributed by atoms with van der Waals surface area (Å²) in [7, 11) is 0. The smallest absolute Gasteiger partial charge is 0.125 e. The van der Waals surface area contributed by atoms with Gasteiger partial charge in [-0.2, -0.15) is 11.8 Å². The van der Waals surface area contributed by atoms with Crippen molar-refractivity contribution in [1.82, 2.24) is 0 Å². The van der Waals surface area contributed by atoms with Crippen molar-refractivity contribution in [1.29, 1.82) is 0 Å². The monoisotopic (exact) mass is 243 g/mol. The normalized spacial score (nSPS) is 12.4. The number of aliphatic hydroxyl groups excluding tert-OH is 1. The highest BCUT2D eigenvalue weighted by Crippen LogP contribution is 2.13. The maximum Gasteiger partial charge on any atom is 0.125 e. The van der Waals surface area contributed by atoms with Crippen molar-refractivity contribution >= 4 is 17.4 Å². The lowest BCUT2D eigenvalue weighted by Crippen LogP contribution is -2.24. The Hall–Kier alpha value is -0.740. The summed E-state index contributed by atoms with van der Waals surface area (Å²) < 4.78 is 12.9. The molecule has 0 saturated carbocycles. The minimum atomic E-state index is -0.260. The fraction of sp³-hybridized carbons (Fsp3) is 0.500. The molecule has 16 heavy (non-hydrogen) atoms. The zero-order chi connectivity index (χ0) is 11.8. The van der Waals surface area contributed by atoms with Gasteiger partial charge in [-0.15, -0.1) is 0 Å². The van der Waals surface area contributed by atoms with Gasteiger partial charge in [0.25, 0.3) is 0 Å². The van der Waals surface area contributed by atoms with Crippen molar-refractivity contribution in [3.05, 3.63) is 30.1 Å². The lowest BCUT2D eigenvalue weighted by Gasteiger charge is -2.17. The van der Waals surface area contributed by atoms with E-state index in [0.29, 0.717) is 0 Å². The van der Waals surface area contributed by atoms with Gasteiger partial charge in [0, 0.05) is 11.7 Å². The predicted octanol–water partition coefficient (Wildman–Crippen LogP) is 2.74. The molecule has 0 aliphatic rings. The Balaban J connectivity index is 2.43. The number of hydrogen-bond donors (Lipinski definition) is 2. The number of benzene rings is 1. The zero-order valence-corrected chi connectivity index (χ0v) is 10.3. The van der Waals surface area contributed by atoms with Gasteiger partial charge in [0.05, 0.1) is 6.61 Å². The van der Waals surface area contributed by atoms with E-state index in [0.717, 1.165) is 23.6 Å². The molecule has 0 aliphatic carbocycles. The molecule has 4 heteroatoms. The lowest BCUT2D eigenvalue weighted by atomic mass is 10.2. The third kappa shape index (κ3) is 4.86. The van der Waals surface area contributed by atoms with Crippen LogP contribution in [0.4, 0.5) is 10.1 Å². The Morgan fingerprint density at radius 2 is 2.31 bits per heavy atom. The third-order valence-electron chi connectivity index (χ3n) is 2.23. The number of hydrogen-bond acceptors (Lipinski definition) is 3. The molecule has 2 nitrogen and oxygen atoms in total. The van der Waals surface area contributed by atoms with Crippen LogP contribution in [0.15, 0.2) is 24.3 Å². The second-order valence-corrected chi connectivity index (χ2v) is 4.91. The zero-order valence-electron chi connectivity index (χ0n) is 9.45. The largest absolute Gasteiger partial charge is 0.394 e. The average Bonchev–Trinajstić information content (AvgIpc) is 2.28. The molecule has 1 atom stereocenters. The van der Waals surface area contributed by atoms with Crippen LogP contribution in [0, 0.1) is 5.82 Å². The Morgan fingerprint density at radius 1 is 1.50 bits per heavy atom. The molecule has 0 heterocycles. The van der Waals surface area contributed by atoms with Crippen LogP contribution in [0.1, 0.15) is 13.3 Å². The van der Waals surface area contributed by atoms with Gasteiger partial charge in [-0.1, -0.05) is 13.0 Å². The van der Waals surface area contributed by atoms with Crippen LogP contribution in [0.25, 0.3) is 0 Å². The first-order valence-corrected chi connectivity index (χ1v) is 6.62. The van der Waals surface area contributed by atoms with Crippen LogP contribution in [0.5, 0.6) is 0 Å². The van der Waals surface area contributed by atoms with Gasteiger partial charge in [0.2, 0.25) is 0 Å². The van der Waals surface area contributed by atoms with E-state index in [9.17, 15) is 9.50 Å². The second kappa shape index (κ2) is 7.52. The molecule has 0 amide bonds. The Bertz CT molecular complexity index is 309. The highest BCUT2D eigenvalue weighted by Gasteiger charge is 2.07. The molecular formula is C12H18FNOS. The molecule has 0 bridgehead atoms. The number of halogens is 1. The van der Waals surface area contributed by atoms with Gasteiger partial charge in [0.15, 0.2) is 0 Å². The van der Waals surface area contributed by atoms with Crippen LogP contribution in [-0.4, -0.2) is 29.3 Å². The summed E-state index contributed by atoms with van der Waals surface area (Å²) in [6, 6.07) is 6.31. The molecule has 0 aliphatic heterocycles. The summed E-state index contributed by atoms with van der Waals surface area (Å²) in [4.78, 5) is 0. The minimum absolute atomic E-state index is 0.000787. The maximum atomic E-state index is 12.9. The second-order valence-electron chi connectivity index (χ2n) is 3.52. The number of rotatable bonds is 7. The van der Waals surface area contributed by atoms with E-state index in [2.05, 4.69) is 12.2 Å². The molecule has 0 radical (unpaired) electrons. The first kappa shape index (κ1) is 13.3. The molecule has 1 unspecified atom stereocenters. The molecule has 1 aromatic carbocycles. The molecule has 0 fully saturated rings. The summed E-state index contributed by atoms with van der Waals surface area (Å²) in [5.41, 5.74) is 0.723. The topological polar surface area (TPSA) is 32.3 Å². The van der Waals surface area contributed by atoms with Crippen LogP contribution < -0.4 is 5.32 Å². The van der Waals surface area contributed by atoms with Crippen LogP contribution in [-0.2, 0) is 0 Å². The van der Waals surface area contributed by atoms with Gasteiger partial charge in [-0.3, -0.25) is 0 Å². The molecule has 0 saturated heterocycles. The lowest BCUT2D eigenvalue weighted by molar-refractivity contribution is 0.272. The van der Waals surface area contributed by atoms with Crippen molar-refractivity contribution in [3.63, 3.8) is 0 Å². The fourth-order valence-electron chi connectivity index (χ4n) is 1.39. The van der Waals surface area contributed by atoms with Crippen molar-refractivity contribution in [3.8, 4) is 0 Å². The van der Waals surface area contributed by atoms with Crippen molar-refractivity contribution in [2.45, 2.75) is 19.4 Å². The van der Waals surface area contributed by atoms with Crippen LogP contribution >= 0.6 is 11.8 Å². The molecular weight excluding hydrogens is 225 g/mol. The molecule has 1 aromatic rings. The van der Waals surface area contributed by atoms with E-state index >= 15 is 0 Å². The number of aliphatic hydroxyl groups is 1. The first-order valence-electron chi connectivity index (χ1n) is 5.47. The molecule has 0 aromatic heterocycles. The summed E-state index contributed by atoms with van der Waals surface area (Å²) in [5, 5.41) is 12.3. The minimum Gasteiger partial charge on any atom is -0.394 e. The average molecular weight is 243 g/mol. The Labute approximate surface area is 100 Å². The number of nitrogens with one attached hydrogen (secondary N) is 1. The third-order valence-corrected chi connectivity index (χ3v) is 3.16. The van der Waals surface area contributed by atoms with E-state index in [1.807, 2.05) is 11.8 Å². The SMILES string of the molecule is CCSCCC(CO)Nc1cccc(F)c1. The Kier molecular flexibility index (Phi) is 6.26. The maximum absolute atomic E-state index is 12.9. The van der Waals surface area contributed by atoms with Gasteiger partial charge in [-0.25, -0.2) is 4.39 Å².